The van der Waals surface area contributed by atoms with Gasteiger partial charge in [-0.25, -0.2) is 0 Å². The van der Waals surface area contributed by atoms with Crippen molar-refractivity contribution in [1.29, 1.82) is 0 Å². The Morgan fingerprint density at radius 1 is 1.29 bits per heavy atom. The molecule has 0 aromatic rings. The van der Waals surface area contributed by atoms with E-state index >= 15 is 0 Å². The topological polar surface area (TPSA) is 52.6 Å². The van der Waals surface area contributed by atoms with Crippen LogP contribution in [0.2, 0.25) is 18.1 Å². The fraction of sp³-hybridized carbons (Fsp3) is 0.867. The first-order valence-corrected chi connectivity index (χ1v) is 12.1. The highest BCUT2D eigenvalue weighted by atomic mass is 32.2. The molecular formula is C15H32O4SSi. The predicted molar refractivity (Wildman–Crippen MR) is 91.5 cm³/mol. The van der Waals surface area contributed by atoms with Crippen LogP contribution >= 0.6 is 0 Å². The van der Waals surface area contributed by atoms with Gasteiger partial charge >= 0.3 is 0 Å². The summed E-state index contributed by atoms with van der Waals surface area (Å²) in [6.07, 6.45) is 4.38. The Hall–Kier alpha value is -0.173. The summed E-state index contributed by atoms with van der Waals surface area (Å²) in [7, 11) is -5.07. The molecule has 0 N–H and O–H groups in total. The van der Waals surface area contributed by atoms with Crippen LogP contribution in [0.4, 0.5) is 0 Å². The second-order valence-corrected chi connectivity index (χ2v) is 13.7. The van der Waals surface area contributed by atoms with E-state index in [9.17, 15) is 8.42 Å². The molecule has 21 heavy (non-hydrogen) atoms. The molecule has 0 aromatic heterocycles. The van der Waals surface area contributed by atoms with Crippen LogP contribution in [0.15, 0.2) is 11.6 Å². The minimum Gasteiger partial charge on any atom is -0.413 e. The summed E-state index contributed by atoms with van der Waals surface area (Å²) in [5, 5.41) is 0.213. The summed E-state index contributed by atoms with van der Waals surface area (Å²) in [5.41, 5.74) is 1.19. The molecule has 4 nitrogen and oxygen atoms in total. The van der Waals surface area contributed by atoms with Gasteiger partial charge in [0.1, 0.15) is 0 Å². The summed E-state index contributed by atoms with van der Waals surface area (Å²) < 4.78 is 33.0. The SMILES string of the molecule is C/C(=C\CC[C@H](C)OS(C)(=O)=O)CO[Si](C)(C)C(C)(C)C. The van der Waals surface area contributed by atoms with E-state index in [0.29, 0.717) is 13.0 Å². The molecule has 0 aliphatic carbocycles. The molecule has 0 saturated heterocycles. The molecule has 0 fully saturated rings. The average molecular weight is 337 g/mol. The zero-order chi connectivity index (χ0) is 16.9. The van der Waals surface area contributed by atoms with E-state index in [1.54, 1.807) is 6.92 Å². The lowest BCUT2D eigenvalue weighted by Gasteiger charge is -2.36. The van der Waals surface area contributed by atoms with Crippen molar-refractivity contribution in [2.24, 2.45) is 0 Å². The van der Waals surface area contributed by atoms with Gasteiger partial charge in [-0.05, 0) is 44.8 Å². The van der Waals surface area contributed by atoms with Gasteiger partial charge in [0.2, 0.25) is 0 Å². The molecule has 0 unspecified atom stereocenters. The van der Waals surface area contributed by atoms with E-state index in [2.05, 4.69) is 46.9 Å². The number of hydrogen-bond donors (Lipinski definition) is 0. The average Bonchev–Trinajstić information content (AvgIpc) is 2.22. The van der Waals surface area contributed by atoms with Crippen LogP contribution in [0.1, 0.15) is 47.5 Å². The van der Waals surface area contributed by atoms with Crippen molar-refractivity contribution < 1.29 is 17.0 Å². The maximum absolute atomic E-state index is 11.0. The quantitative estimate of drug-likeness (QED) is 0.380. The van der Waals surface area contributed by atoms with E-state index in [1.165, 1.54) is 5.57 Å². The zero-order valence-corrected chi connectivity index (χ0v) is 16.6. The highest BCUT2D eigenvalue weighted by Gasteiger charge is 2.36. The molecule has 0 amide bonds. The first-order valence-electron chi connectivity index (χ1n) is 7.42. The van der Waals surface area contributed by atoms with Crippen molar-refractivity contribution in [3.05, 3.63) is 11.6 Å². The Morgan fingerprint density at radius 2 is 1.81 bits per heavy atom. The van der Waals surface area contributed by atoms with Gasteiger partial charge in [-0.2, -0.15) is 8.42 Å². The molecule has 0 aliphatic heterocycles. The first-order chi connectivity index (χ1) is 9.24. The predicted octanol–water partition coefficient (Wildman–Crippen LogP) is 4.10. The Labute approximate surface area is 132 Å². The maximum atomic E-state index is 11.0. The van der Waals surface area contributed by atoms with E-state index in [-0.39, 0.29) is 11.1 Å². The lowest BCUT2D eigenvalue weighted by Crippen LogP contribution is -2.41. The monoisotopic (exact) mass is 336 g/mol. The minimum atomic E-state index is -3.36. The van der Waals surface area contributed by atoms with Crippen LogP contribution in [-0.2, 0) is 18.7 Å². The van der Waals surface area contributed by atoms with Gasteiger partial charge in [0.25, 0.3) is 10.1 Å². The summed E-state index contributed by atoms with van der Waals surface area (Å²) >= 11 is 0. The molecule has 1 atom stereocenters. The van der Waals surface area contributed by atoms with Crippen molar-refractivity contribution in [1.82, 2.24) is 0 Å². The van der Waals surface area contributed by atoms with Crippen LogP contribution in [0.3, 0.4) is 0 Å². The van der Waals surface area contributed by atoms with Gasteiger partial charge in [-0.1, -0.05) is 32.4 Å². The van der Waals surface area contributed by atoms with Crippen LogP contribution in [0.25, 0.3) is 0 Å². The normalized spacial score (nSPS) is 16.1. The molecular weight excluding hydrogens is 304 g/mol. The minimum absolute atomic E-state index is 0.213. The van der Waals surface area contributed by atoms with Gasteiger partial charge in [-0.15, -0.1) is 0 Å². The third kappa shape index (κ3) is 9.45. The standard InChI is InChI=1S/C15H32O4SSi/c1-13(12-18-21(7,8)15(3,4)5)10-9-11-14(2)19-20(6,16)17/h10,14H,9,11-12H2,1-8H3/b13-10+/t14-/m0/s1. The highest BCUT2D eigenvalue weighted by molar-refractivity contribution is 7.86. The van der Waals surface area contributed by atoms with E-state index in [4.69, 9.17) is 8.61 Å². The van der Waals surface area contributed by atoms with E-state index in [1.807, 2.05) is 0 Å². The van der Waals surface area contributed by atoms with Crippen LogP contribution in [0.5, 0.6) is 0 Å². The van der Waals surface area contributed by atoms with Crippen LogP contribution in [0, 0.1) is 0 Å². The van der Waals surface area contributed by atoms with Gasteiger partial charge in [0, 0.05) is 0 Å². The van der Waals surface area contributed by atoms with Crippen molar-refractivity contribution in [2.75, 3.05) is 12.9 Å². The number of allylic oxidation sites excluding steroid dienone is 1. The molecule has 0 aliphatic rings. The van der Waals surface area contributed by atoms with Gasteiger partial charge < -0.3 is 4.43 Å². The summed E-state index contributed by atoms with van der Waals surface area (Å²) in [4.78, 5) is 0. The number of hydrogen-bond acceptors (Lipinski definition) is 4. The van der Waals surface area contributed by atoms with E-state index < -0.39 is 18.4 Å². The Morgan fingerprint density at radius 3 is 2.24 bits per heavy atom. The smallest absolute Gasteiger partial charge is 0.264 e. The fourth-order valence-corrected chi connectivity index (χ4v) is 3.20. The molecule has 126 valence electrons. The van der Waals surface area contributed by atoms with Crippen molar-refractivity contribution in [3.63, 3.8) is 0 Å². The van der Waals surface area contributed by atoms with E-state index in [0.717, 1.165) is 12.7 Å². The van der Waals surface area contributed by atoms with Crippen LogP contribution < -0.4 is 0 Å². The lowest BCUT2D eigenvalue weighted by atomic mass is 10.2. The molecule has 0 spiro atoms. The highest BCUT2D eigenvalue weighted by Crippen LogP contribution is 2.36. The molecule has 0 saturated carbocycles. The maximum Gasteiger partial charge on any atom is 0.264 e. The van der Waals surface area contributed by atoms with Gasteiger partial charge in [0.15, 0.2) is 8.32 Å². The van der Waals surface area contributed by atoms with Crippen LogP contribution in [-0.4, -0.2) is 35.7 Å². The Bertz CT molecular complexity index is 447. The zero-order valence-electron chi connectivity index (χ0n) is 14.8. The third-order valence-electron chi connectivity index (χ3n) is 3.87. The second-order valence-electron chi connectivity index (χ2n) is 7.29. The summed E-state index contributed by atoms with van der Waals surface area (Å²) in [5.74, 6) is 0. The summed E-state index contributed by atoms with van der Waals surface area (Å²) in [6, 6.07) is 0. The third-order valence-corrected chi connectivity index (χ3v) is 9.03. The molecule has 0 aromatic carbocycles. The number of rotatable bonds is 8. The second kappa shape index (κ2) is 7.90. The largest absolute Gasteiger partial charge is 0.413 e. The lowest BCUT2D eigenvalue weighted by molar-refractivity contribution is 0.221. The molecule has 6 heteroatoms. The molecule has 0 rings (SSSR count). The van der Waals surface area contributed by atoms with Gasteiger partial charge in [0.05, 0.1) is 19.0 Å². The Kier molecular flexibility index (Phi) is 7.83. The van der Waals surface area contributed by atoms with Crippen molar-refractivity contribution in [3.8, 4) is 0 Å². The summed E-state index contributed by atoms with van der Waals surface area (Å²) in [6.45, 7) is 15.6. The molecule has 0 heterocycles. The first kappa shape index (κ1) is 20.8. The van der Waals surface area contributed by atoms with Crippen molar-refractivity contribution in [2.45, 2.75) is 71.7 Å². The molecule has 0 bridgehead atoms. The van der Waals surface area contributed by atoms with Crippen molar-refractivity contribution >= 4 is 18.4 Å². The molecule has 0 radical (unpaired) electrons. The van der Waals surface area contributed by atoms with Gasteiger partial charge in [-0.3, -0.25) is 4.18 Å². The fourth-order valence-electron chi connectivity index (χ4n) is 1.48. The Balaban J connectivity index is 4.22.